The molecule has 4 rings (SSSR count). The Kier molecular flexibility index (Phi) is 13.0. The summed E-state index contributed by atoms with van der Waals surface area (Å²) in [5.74, 6) is -1.13. The van der Waals surface area contributed by atoms with E-state index in [2.05, 4.69) is 21.9 Å². The Morgan fingerprint density at radius 2 is 1.51 bits per heavy atom. The molecule has 2 aromatic carbocycles. The summed E-state index contributed by atoms with van der Waals surface area (Å²) < 4.78 is 4.91. The number of amides is 1. The highest BCUT2D eigenvalue weighted by Crippen LogP contribution is 2.36. The lowest BCUT2D eigenvalue weighted by molar-refractivity contribution is 0.100. The molecule has 1 amide bonds. The standard InChI is InChI=1S/C41H32N8O2/c1-47-37(29-46)39(31-13-7-4-8-14-31)35(26-43)18-10-16-33-20-19-32(40(33)48-21-23-49(24-22-48)41(50)51-2)15-9-17-34(25-42)38(36(27-44)28-45)30-11-5-3-6-12-30/h3-18,36H,19-24H2,2H3/b16-10+,17-9+,32-15+,35-18+,38-34-,39-37+. The van der Waals surface area contributed by atoms with Gasteiger partial charge in [-0.05, 0) is 47.3 Å². The van der Waals surface area contributed by atoms with E-state index in [4.69, 9.17) is 11.3 Å². The van der Waals surface area contributed by atoms with Gasteiger partial charge >= 0.3 is 6.09 Å². The molecule has 1 fully saturated rings. The SMILES string of the molecule is [C-]#[N+]/C(C#N)=C(/C(C#N)=C/C=C/C1=C(N2CCN(C(=O)OC)CC2)C(=C/C=C/C(C#N)=C(\c2ccccc2)C(C#N)C#N)/CC1)c1ccccc1. The number of methoxy groups -OCH3 is 1. The smallest absolute Gasteiger partial charge is 0.409 e. The van der Waals surface area contributed by atoms with Gasteiger partial charge in [-0.25, -0.2) is 14.9 Å². The molecule has 0 spiro atoms. The van der Waals surface area contributed by atoms with Crippen LogP contribution in [0.2, 0.25) is 0 Å². The topological polar surface area (TPSA) is 156 Å². The molecule has 0 radical (unpaired) electrons. The van der Waals surface area contributed by atoms with Crippen molar-refractivity contribution < 1.29 is 9.53 Å². The molecule has 1 aliphatic heterocycles. The van der Waals surface area contributed by atoms with Crippen LogP contribution < -0.4 is 0 Å². The van der Waals surface area contributed by atoms with Crippen LogP contribution in [0.1, 0.15) is 24.0 Å². The quantitative estimate of drug-likeness (QED) is 0.152. The molecule has 2 aliphatic rings. The van der Waals surface area contributed by atoms with Crippen LogP contribution in [0.25, 0.3) is 16.0 Å². The van der Waals surface area contributed by atoms with E-state index in [0.29, 0.717) is 55.7 Å². The Labute approximate surface area is 298 Å². The van der Waals surface area contributed by atoms with E-state index in [0.717, 1.165) is 16.8 Å². The minimum absolute atomic E-state index is 0.175. The second-order valence-electron chi connectivity index (χ2n) is 11.2. The van der Waals surface area contributed by atoms with Crippen molar-refractivity contribution in [2.24, 2.45) is 5.92 Å². The Hall–Kier alpha value is -7.37. The molecule has 1 saturated heterocycles. The monoisotopic (exact) mass is 668 g/mol. The van der Waals surface area contributed by atoms with Crippen LogP contribution in [0, 0.1) is 69.1 Å². The van der Waals surface area contributed by atoms with E-state index in [1.807, 2.05) is 42.5 Å². The van der Waals surface area contributed by atoms with Crippen LogP contribution in [-0.4, -0.2) is 49.2 Å². The van der Waals surface area contributed by atoms with Crippen LogP contribution in [0.15, 0.2) is 131 Å². The van der Waals surface area contributed by atoms with E-state index < -0.39 is 5.92 Å². The molecule has 0 unspecified atom stereocenters. The van der Waals surface area contributed by atoms with Gasteiger partial charge in [-0.1, -0.05) is 85.0 Å². The molecule has 2 aromatic rings. The van der Waals surface area contributed by atoms with Crippen molar-refractivity contribution in [1.82, 2.24) is 9.80 Å². The van der Waals surface area contributed by atoms with Crippen LogP contribution in [-0.2, 0) is 4.74 Å². The normalized spacial score (nSPS) is 16.5. The molecule has 248 valence electrons. The lowest BCUT2D eigenvalue weighted by Gasteiger charge is -2.36. The summed E-state index contributed by atoms with van der Waals surface area (Å²) in [6.07, 6.45) is 11.5. The third-order valence-corrected chi connectivity index (χ3v) is 8.37. The lowest BCUT2D eigenvalue weighted by Crippen LogP contribution is -2.48. The molecular weight excluding hydrogens is 637 g/mol. The molecule has 0 bridgehead atoms. The average Bonchev–Trinajstić information content (AvgIpc) is 3.59. The maximum absolute atomic E-state index is 12.2. The van der Waals surface area contributed by atoms with Gasteiger partial charge in [0.1, 0.15) is 0 Å². The van der Waals surface area contributed by atoms with Crippen molar-refractivity contribution in [3.8, 4) is 30.3 Å². The Balaban J connectivity index is 1.77. The number of carbonyl (C=O) groups excluding carboxylic acids is 1. The number of piperazine rings is 1. The molecule has 10 heteroatoms. The van der Waals surface area contributed by atoms with Crippen LogP contribution >= 0.6 is 0 Å². The molecule has 10 nitrogen and oxygen atoms in total. The molecular formula is C41H32N8O2. The number of ether oxygens (including phenoxy) is 1. The predicted octanol–water partition coefficient (Wildman–Crippen LogP) is 7.40. The molecule has 0 N–H and O–H groups in total. The van der Waals surface area contributed by atoms with E-state index in [9.17, 15) is 31.1 Å². The van der Waals surface area contributed by atoms with Crippen LogP contribution in [0.3, 0.4) is 0 Å². The third-order valence-electron chi connectivity index (χ3n) is 8.37. The first-order chi connectivity index (χ1) is 24.9. The summed E-state index contributed by atoms with van der Waals surface area (Å²) in [5.41, 5.74) is 4.94. The van der Waals surface area contributed by atoms with Gasteiger partial charge in [-0.15, -0.1) is 0 Å². The van der Waals surface area contributed by atoms with Gasteiger partial charge in [0.25, 0.3) is 5.70 Å². The van der Waals surface area contributed by atoms with Gasteiger partial charge in [0, 0.05) is 43.0 Å². The lowest BCUT2D eigenvalue weighted by atomic mass is 9.90. The van der Waals surface area contributed by atoms with Crippen molar-refractivity contribution >= 4 is 17.2 Å². The van der Waals surface area contributed by atoms with E-state index in [1.165, 1.54) is 7.11 Å². The average molecular weight is 669 g/mol. The molecule has 0 atom stereocenters. The number of allylic oxidation sites excluding steroid dienone is 13. The third kappa shape index (κ3) is 8.76. The highest BCUT2D eigenvalue weighted by atomic mass is 16.5. The number of hydrogen-bond donors (Lipinski definition) is 0. The van der Waals surface area contributed by atoms with Gasteiger partial charge in [0.05, 0.1) is 55.2 Å². The second kappa shape index (κ2) is 18.2. The summed E-state index contributed by atoms with van der Waals surface area (Å²) in [7, 11) is 1.35. The van der Waals surface area contributed by atoms with Gasteiger partial charge < -0.3 is 14.5 Å². The number of hydrogen-bond acceptors (Lipinski definition) is 8. The molecule has 1 heterocycles. The first-order valence-electron chi connectivity index (χ1n) is 16.0. The summed E-state index contributed by atoms with van der Waals surface area (Å²) in [4.78, 5) is 19.4. The van der Waals surface area contributed by atoms with E-state index in [-0.39, 0.29) is 28.5 Å². The van der Waals surface area contributed by atoms with Gasteiger partial charge in [0.15, 0.2) is 5.92 Å². The maximum Gasteiger partial charge on any atom is 0.409 e. The van der Waals surface area contributed by atoms with Crippen molar-refractivity contribution in [2.75, 3.05) is 33.3 Å². The number of rotatable bonds is 9. The summed E-state index contributed by atoms with van der Waals surface area (Å²) in [6, 6.07) is 28.0. The number of benzene rings is 2. The zero-order valence-electron chi connectivity index (χ0n) is 28.0. The van der Waals surface area contributed by atoms with Gasteiger partial charge in [-0.3, -0.25) is 0 Å². The van der Waals surface area contributed by atoms with Crippen molar-refractivity contribution in [1.29, 1.82) is 26.3 Å². The summed E-state index contributed by atoms with van der Waals surface area (Å²) >= 11 is 0. The fourth-order valence-corrected chi connectivity index (χ4v) is 5.98. The highest BCUT2D eigenvalue weighted by Gasteiger charge is 2.28. The summed E-state index contributed by atoms with van der Waals surface area (Å²) in [6.45, 7) is 9.53. The Morgan fingerprint density at radius 3 is 2.06 bits per heavy atom. The number of carbonyl (C=O) groups is 1. The Morgan fingerprint density at radius 1 is 0.863 bits per heavy atom. The van der Waals surface area contributed by atoms with Crippen LogP contribution in [0.4, 0.5) is 4.79 Å². The van der Waals surface area contributed by atoms with Gasteiger partial charge in [-0.2, -0.15) is 21.0 Å². The molecule has 1 aliphatic carbocycles. The minimum atomic E-state index is -1.13. The first kappa shape index (κ1) is 36.5. The number of nitrogens with zero attached hydrogens (tertiary/aromatic N) is 8. The molecule has 0 aromatic heterocycles. The fraction of sp³-hybridized carbons (Fsp3) is 0.195. The predicted molar refractivity (Wildman–Crippen MR) is 191 cm³/mol. The van der Waals surface area contributed by atoms with Crippen molar-refractivity contribution in [3.05, 3.63) is 153 Å². The minimum Gasteiger partial charge on any atom is -0.453 e. The second-order valence-corrected chi connectivity index (χ2v) is 11.2. The fourth-order valence-electron chi connectivity index (χ4n) is 5.98. The van der Waals surface area contributed by atoms with E-state index in [1.54, 1.807) is 77.7 Å². The van der Waals surface area contributed by atoms with Crippen molar-refractivity contribution in [3.63, 3.8) is 0 Å². The highest BCUT2D eigenvalue weighted by molar-refractivity contribution is 5.88. The number of nitriles is 5. The van der Waals surface area contributed by atoms with Crippen molar-refractivity contribution in [2.45, 2.75) is 12.8 Å². The Bertz CT molecular complexity index is 2090. The van der Waals surface area contributed by atoms with Crippen LogP contribution in [0.5, 0.6) is 0 Å². The zero-order valence-corrected chi connectivity index (χ0v) is 28.0. The largest absolute Gasteiger partial charge is 0.453 e. The molecule has 51 heavy (non-hydrogen) atoms. The van der Waals surface area contributed by atoms with Gasteiger partial charge in [0.2, 0.25) is 0 Å². The molecule has 0 saturated carbocycles. The maximum atomic E-state index is 12.2. The summed E-state index contributed by atoms with van der Waals surface area (Å²) in [5, 5.41) is 49.2. The van der Waals surface area contributed by atoms with E-state index >= 15 is 0 Å². The first-order valence-corrected chi connectivity index (χ1v) is 16.0. The zero-order chi connectivity index (χ0) is 36.6.